The minimum absolute atomic E-state index is 0.309. The van der Waals surface area contributed by atoms with Crippen LogP contribution in [-0.2, 0) is 4.79 Å². The van der Waals surface area contributed by atoms with Crippen LogP contribution in [0.2, 0.25) is 0 Å². The summed E-state index contributed by atoms with van der Waals surface area (Å²) in [6, 6.07) is 0. The molecule has 1 aliphatic rings. The lowest BCUT2D eigenvalue weighted by molar-refractivity contribution is -0.125. The molecular weight excluding hydrogens is 284 g/mol. The fourth-order valence-corrected chi connectivity index (χ4v) is 3.35. The number of carbonyl (C=O) groups excluding carboxylic acids is 1. The first kappa shape index (κ1) is 18.1. The Bertz CT molecular complexity index is 382. The van der Waals surface area contributed by atoms with Crippen molar-refractivity contribution in [3.63, 3.8) is 0 Å². The molecule has 0 spiro atoms. The molecule has 0 aromatic carbocycles. The number of amides is 1. The summed E-state index contributed by atoms with van der Waals surface area (Å²) in [5.41, 5.74) is 4.82. The van der Waals surface area contributed by atoms with Gasteiger partial charge in [-0.15, -0.1) is 0 Å². The zero-order valence-electron chi connectivity index (χ0n) is 14.0. The van der Waals surface area contributed by atoms with Gasteiger partial charge in [-0.1, -0.05) is 13.8 Å². The molecule has 0 aromatic heterocycles. The van der Waals surface area contributed by atoms with Crippen LogP contribution in [0.15, 0.2) is 4.99 Å². The number of hydrogen-bond acceptors (Lipinski definition) is 3. The average molecular weight is 314 g/mol. The molecular formula is C15H30N4OS. The highest BCUT2D eigenvalue weighted by atomic mass is 32.2. The van der Waals surface area contributed by atoms with E-state index in [1.165, 1.54) is 0 Å². The molecule has 1 unspecified atom stereocenters. The Balaban J connectivity index is 2.78. The second-order valence-corrected chi connectivity index (χ2v) is 7.86. The average Bonchev–Trinajstić information content (AvgIpc) is 2.43. The first-order valence-corrected chi connectivity index (χ1v) is 8.77. The van der Waals surface area contributed by atoms with Gasteiger partial charge in [0.05, 0.1) is 12.0 Å². The summed E-state index contributed by atoms with van der Waals surface area (Å²) in [5, 5.41) is 3.97. The van der Waals surface area contributed by atoms with Gasteiger partial charge in [0.1, 0.15) is 0 Å². The summed E-state index contributed by atoms with van der Waals surface area (Å²) in [6.07, 6.45) is 0. The third-order valence-electron chi connectivity index (χ3n) is 3.76. The van der Waals surface area contributed by atoms with E-state index in [4.69, 9.17) is 5.73 Å². The van der Waals surface area contributed by atoms with E-state index in [1.807, 2.05) is 25.6 Å². The fraction of sp³-hybridized carbons (Fsp3) is 0.867. The first-order chi connectivity index (χ1) is 9.77. The second-order valence-electron chi connectivity index (χ2n) is 6.52. The number of carbonyl (C=O) groups is 1. The zero-order chi connectivity index (χ0) is 16.0. The maximum atomic E-state index is 11.4. The lowest BCUT2D eigenvalue weighted by Gasteiger charge is -2.36. The number of guanidine groups is 1. The monoisotopic (exact) mass is 314 g/mol. The van der Waals surface area contributed by atoms with E-state index in [2.05, 4.69) is 36.0 Å². The molecule has 122 valence electrons. The van der Waals surface area contributed by atoms with Crippen LogP contribution in [0.3, 0.4) is 0 Å². The first-order valence-electron chi connectivity index (χ1n) is 7.72. The molecule has 3 N–H and O–H groups in total. The van der Waals surface area contributed by atoms with Gasteiger partial charge < -0.3 is 16.0 Å². The molecule has 0 aromatic rings. The number of aliphatic imine (C=N–C) groups is 1. The number of thioether (sulfide) groups is 1. The summed E-state index contributed by atoms with van der Waals surface area (Å²) < 4.78 is 0. The highest BCUT2D eigenvalue weighted by Gasteiger charge is 2.27. The van der Waals surface area contributed by atoms with Gasteiger partial charge in [0.15, 0.2) is 5.96 Å². The maximum Gasteiger partial charge on any atom is 0.224 e. The third-order valence-corrected chi connectivity index (χ3v) is 5.30. The van der Waals surface area contributed by atoms with Crippen molar-refractivity contribution >= 4 is 23.6 Å². The summed E-state index contributed by atoms with van der Waals surface area (Å²) >= 11 is 2.04. The van der Waals surface area contributed by atoms with Crippen molar-refractivity contribution in [2.75, 3.05) is 31.9 Å². The summed E-state index contributed by atoms with van der Waals surface area (Å²) in [4.78, 5) is 18.4. The summed E-state index contributed by atoms with van der Waals surface area (Å²) in [6.45, 7) is 13.5. The number of hydrogen-bond donors (Lipinski definition) is 2. The SMILES string of the molecule is CCNC(=NCC(C)(C)C(N)=O)N1CCSC(C(C)C)C1. The van der Waals surface area contributed by atoms with Gasteiger partial charge in [0, 0.05) is 30.6 Å². The van der Waals surface area contributed by atoms with Gasteiger partial charge in [-0.05, 0) is 26.7 Å². The van der Waals surface area contributed by atoms with E-state index in [-0.39, 0.29) is 5.91 Å². The van der Waals surface area contributed by atoms with Crippen LogP contribution in [0.5, 0.6) is 0 Å². The van der Waals surface area contributed by atoms with E-state index in [0.717, 1.165) is 31.3 Å². The van der Waals surface area contributed by atoms with E-state index < -0.39 is 5.41 Å². The van der Waals surface area contributed by atoms with Crippen molar-refractivity contribution < 1.29 is 4.79 Å². The van der Waals surface area contributed by atoms with Crippen molar-refractivity contribution in [1.82, 2.24) is 10.2 Å². The van der Waals surface area contributed by atoms with Gasteiger partial charge in [-0.25, -0.2) is 0 Å². The van der Waals surface area contributed by atoms with E-state index in [9.17, 15) is 4.79 Å². The van der Waals surface area contributed by atoms with E-state index >= 15 is 0 Å². The Hall–Kier alpha value is -0.910. The fourth-order valence-electron chi connectivity index (χ4n) is 2.05. The van der Waals surface area contributed by atoms with Crippen molar-refractivity contribution in [2.45, 2.75) is 39.9 Å². The number of nitrogens with zero attached hydrogens (tertiary/aromatic N) is 2. The minimum Gasteiger partial charge on any atom is -0.369 e. The Labute approximate surface area is 133 Å². The van der Waals surface area contributed by atoms with Gasteiger partial charge in [-0.3, -0.25) is 9.79 Å². The summed E-state index contributed by atoms with van der Waals surface area (Å²) in [7, 11) is 0. The predicted octanol–water partition coefficient (Wildman–Crippen LogP) is 1.54. The van der Waals surface area contributed by atoms with E-state index in [0.29, 0.717) is 17.7 Å². The van der Waals surface area contributed by atoms with Crippen molar-refractivity contribution in [2.24, 2.45) is 22.1 Å². The van der Waals surface area contributed by atoms with Crippen molar-refractivity contribution in [3.05, 3.63) is 0 Å². The Morgan fingerprint density at radius 3 is 2.71 bits per heavy atom. The molecule has 0 aliphatic carbocycles. The topological polar surface area (TPSA) is 70.7 Å². The molecule has 1 atom stereocenters. The lowest BCUT2D eigenvalue weighted by atomic mass is 9.93. The molecule has 1 aliphatic heterocycles. The van der Waals surface area contributed by atoms with Gasteiger partial charge in [0.2, 0.25) is 5.91 Å². The number of rotatable bonds is 5. The molecule has 1 fully saturated rings. The van der Waals surface area contributed by atoms with Crippen LogP contribution >= 0.6 is 11.8 Å². The van der Waals surface area contributed by atoms with Gasteiger partial charge >= 0.3 is 0 Å². The highest BCUT2D eigenvalue weighted by Crippen LogP contribution is 2.25. The summed E-state index contributed by atoms with van der Waals surface area (Å²) in [5.74, 6) is 2.36. The van der Waals surface area contributed by atoms with Gasteiger partial charge in [0.25, 0.3) is 0 Å². The van der Waals surface area contributed by atoms with Crippen molar-refractivity contribution in [3.8, 4) is 0 Å². The molecule has 1 amide bonds. The minimum atomic E-state index is -0.608. The number of nitrogens with two attached hydrogens (primary N) is 1. The van der Waals surface area contributed by atoms with Crippen LogP contribution in [0.4, 0.5) is 0 Å². The van der Waals surface area contributed by atoms with Crippen LogP contribution in [-0.4, -0.2) is 53.9 Å². The van der Waals surface area contributed by atoms with Crippen LogP contribution in [0.1, 0.15) is 34.6 Å². The third kappa shape index (κ3) is 5.41. The highest BCUT2D eigenvalue weighted by molar-refractivity contribution is 8.00. The Morgan fingerprint density at radius 2 is 2.19 bits per heavy atom. The van der Waals surface area contributed by atoms with Crippen molar-refractivity contribution in [1.29, 1.82) is 0 Å². The molecule has 0 saturated carbocycles. The smallest absolute Gasteiger partial charge is 0.224 e. The lowest BCUT2D eigenvalue weighted by Crippen LogP contribution is -2.49. The van der Waals surface area contributed by atoms with Crippen LogP contribution in [0, 0.1) is 11.3 Å². The molecule has 21 heavy (non-hydrogen) atoms. The number of primary amides is 1. The molecule has 0 bridgehead atoms. The molecule has 1 heterocycles. The predicted molar refractivity (Wildman–Crippen MR) is 91.6 cm³/mol. The standard InChI is InChI=1S/C15H30N4OS/c1-6-17-14(18-10-15(4,5)13(16)20)19-7-8-21-12(9-19)11(2)3/h11-12H,6-10H2,1-5H3,(H2,16,20)(H,17,18). The molecule has 0 radical (unpaired) electrons. The molecule has 6 heteroatoms. The largest absolute Gasteiger partial charge is 0.369 e. The van der Waals surface area contributed by atoms with Gasteiger partial charge in [-0.2, -0.15) is 11.8 Å². The Kier molecular flexibility index (Phi) is 6.84. The Morgan fingerprint density at radius 1 is 1.52 bits per heavy atom. The molecule has 5 nitrogen and oxygen atoms in total. The van der Waals surface area contributed by atoms with Crippen LogP contribution < -0.4 is 11.1 Å². The second kappa shape index (κ2) is 7.92. The quantitative estimate of drug-likeness (QED) is 0.596. The normalized spacial score (nSPS) is 20.8. The molecule has 1 rings (SSSR count). The maximum absolute atomic E-state index is 11.4. The number of nitrogens with one attached hydrogen (secondary N) is 1. The van der Waals surface area contributed by atoms with E-state index in [1.54, 1.807) is 0 Å². The zero-order valence-corrected chi connectivity index (χ0v) is 14.8. The molecule has 1 saturated heterocycles. The van der Waals surface area contributed by atoms with Crippen LogP contribution in [0.25, 0.3) is 0 Å².